The van der Waals surface area contributed by atoms with Gasteiger partial charge in [-0.2, -0.15) is 13.2 Å². The van der Waals surface area contributed by atoms with Crippen molar-refractivity contribution in [1.29, 1.82) is 0 Å². The van der Waals surface area contributed by atoms with Gasteiger partial charge in [-0.25, -0.2) is 0 Å². The number of carbonyl (C=O) groups excluding carboxylic acids is 1. The van der Waals surface area contributed by atoms with Crippen LogP contribution in [0.2, 0.25) is 5.02 Å². The zero-order chi connectivity index (χ0) is 19.4. The van der Waals surface area contributed by atoms with Crippen LogP contribution in [0.5, 0.6) is 0 Å². The number of hydrogen-bond acceptors (Lipinski definition) is 2. The second kappa shape index (κ2) is 9.81. The van der Waals surface area contributed by atoms with Crippen molar-refractivity contribution in [2.75, 3.05) is 33.7 Å². The molecule has 152 valence electrons. The molecule has 1 aliphatic carbocycles. The van der Waals surface area contributed by atoms with Gasteiger partial charge in [0.1, 0.15) is 6.54 Å². The summed E-state index contributed by atoms with van der Waals surface area (Å²) in [6.45, 7) is -0.951. The first-order chi connectivity index (χ1) is 12.1. The minimum absolute atomic E-state index is 0. The van der Waals surface area contributed by atoms with Crippen LogP contribution in [0.25, 0.3) is 0 Å². The molecule has 27 heavy (non-hydrogen) atoms. The highest BCUT2D eigenvalue weighted by molar-refractivity contribution is 14.0. The van der Waals surface area contributed by atoms with Gasteiger partial charge in [-0.1, -0.05) is 23.7 Å². The summed E-state index contributed by atoms with van der Waals surface area (Å²) in [6.07, 6.45) is -2.41. The highest BCUT2D eigenvalue weighted by atomic mass is 127. The summed E-state index contributed by atoms with van der Waals surface area (Å²) in [5.74, 6) is -0.298. The Labute approximate surface area is 178 Å². The molecule has 1 fully saturated rings. The van der Waals surface area contributed by atoms with Gasteiger partial charge in [-0.05, 0) is 30.5 Å². The van der Waals surface area contributed by atoms with Gasteiger partial charge in [-0.15, -0.1) is 24.0 Å². The standard InChI is InChI=1S/C17H22ClF3N4O.HI/c1-22-15(23-9-14(26)25(2)11-17(19,20)21)24-10-16(6-7-16)12-4-3-5-13(18)8-12;/h3-5,8H,6-7,9-11H2,1-2H3,(H2,22,23,24);1H. The Kier molecular flexibility index (Phi) is 8.65. The van der Waals surface area contributed by atoms with Gasteiger partial charge in [0.05, 0.1) is 6.54 Å². The first-order valence-corrected chi connectivity index (χ1v) is 8.54. The second-order valence-corrected chi connectivity index (χ2v) is 6.87. The highest BCUT2D eigenvalue weighted by Crippen LogP contribution is 2.48. The third-order valence-corrected chi connectivity index (χ3v) is 4.59. The summed E-state index contributed by atoms with van der Waals surface area (Å²) in [7, 11) is 2.66. The average Bonchev–Trinajstić information content (AvgIpc) is 3.34. The number of rotatable bonds is 6. The number of hydrogen-bond donors (Lipinski definition) is 2. The maximum atomic E-state index is 12.3. The van der Waals surface area contributed by atoms with E-state index in [0.29, 0.717) is 22.4 Å². The lowest BCUT2D eigenvalue weighted by Gasteiger charge is -2.21. The Morgan fingerprint density at radius 1 is 1.33 bits per heavy atom. The summed E-state index contributed by atoms with van der Waals surface area (Å²) in [6, 6.07) is 7.67. The smallest absolute Gasteiger partial charge is 0.356 e. The van der Waals surface area contributed by atoms with Crippen LogP contribution in [-0.2, 0) is 10.2 Å². The van der Waals surface area contributed by atoms with Crippen molar-refractivity contribution in [3.63, 3.8) is 0 Å². The SMILES string of the molecule is CN=C(NCC(=O)N(C)CC(F)(F)F)NCC1(c2cccc(Cl)c2)CC1.I. The van der Waals surface area contributed by atoms with Crippen molar-refractivity contribution in [2.24, 2.45) is 4.99 Å². The molecule has 1 aliphatic rings. The molecule has 0 radical (unpaired) electrons. The van der Waals surface area contributed by atoms with Crippen LogP contribution in [0.15, 0.2) is 29.3 Å². The quantitative estimate of drug-likeness (QED) is 0.346. The van der Waals surface area contributed by atoms with Crippen molar-refractivity contribution in [3.8, 4) is 0 Å². The van der Waals surface area contributed by atoms with Crippen molar-refractivity contribution in [1.82, 2.24) is 15.5 Å². The molecule has 0 bridgehead atoms. The Morgan fingerprint density at radius 3 is 2.52 bits per heavy atom. The maximum Gasteiger partial charge on any atom is 0.406 e. The maximum absolute atomic E-state index is 12.3. The van der Waals surface area contributed by atoms with Gasteiger partial charge in [0.2, 0.25) is 5.91 Å². The van der Waals surface area contributed by atoms with E-state index in [1.807, 2.05) is 24.3 Å². The molecule has 10 heteroatoms. The zero-order valence-corrected chi connectivity index (χ0v) is 18.2. The number of nitrogens with zero attached hydrogens (tertiary/aromatic N) is 2. The topological polar surface area (TPSA) is 56.7 Å². The number of guanidine groups is 1. The molecule has 2 N–H and O–H groups in total. The van der Waals surface area contributed by atoms with Crippen LogP contribution >= 0.6 is 35.6 Å². The molecular weight excluding hydrogens is 496 g/mol. The molecule has 1 aromatic carbocycles. The predicted octanol–water partition coefficient (Wildman–Crippen LogP) is 3.18. The van der Waals surface area contributed by atoms with E-state index >= 15 is 0 Å². The van der Waals surface area contributed by atoms with Crippen LogP contribution in [0.1, 0.15) is 18.4 Å². The summed E-state index contributed by atoms with van der Waals surface area (Å²) < 4.78 is 37.0. The number of amides is 1. The summed E-state index contributed by atoms with van der Waals surface area (Å²) in [5, 5.41) is 6.56. The molecule has 0 heterocycles. The first kappa shape index (κ1) is 23.8. The van der Waals surface area contributed by atoms with Gasteiger partial charge >= 0.3 is 6.18 Å². The fourth-order valence-electron chi connectivity index (χ4n) is 2.66. The summed E-state index contributed by atoms with van der Waals surface area (Å²) in [4.78, 5) is 16.4. The van der Waals surface area contributed by atoms with Gasteiger partial charge in [-0.3, -0.25) is 9.79 Å². The lowest BCUT2D eigenvalue weighted by Crippen LogP contribution is -2.47. The molecule has 0 spiro atoms. The molecule has 0 aliphatic heterocycles. The number of benzene rings is 1. The molecule has 0 atom stereocenters. The van der Waals surface area contributed by atoms with Crippen molar-refractivity contribution in [2.45, 2.75) is 24.4 Å². The van der Waals surface area contributed by atoms with Crippen LogP contribution in [0.3, 0.4) is 0 Å². The summed E-state index contributed by atoms with van der Waals surface area (Å²) >= 11 is 6.05. The minimum atomic E-state index is -4.42. The van der Waals surface area contributed by atoms with E-state index in [1.165, 1.54) is 7.05 Å². The third-order valence-electron chi connectivity index (χ3n) is 4.36. The van der Waals surface area contributed by atoms with Gasteiger partial charge in [0, 0.05) is 31.1 Å². The van der Waals surface area contributed by atoms with Gasteiger partial charge < -0.3 is 15.5 Å². The number of aliphatic imine (C=N–C) groups is 1. The number of alkyl halides is 3. The number of halogens is 5. The van der Waals surface area contributed by atoms with Crippen molar-refractivity contribution in [3.05, 3.63) is 34.9 Å². The zero-order valence-electron chi connectivity index (χ0n) is 15.1. The monoisotopic (exact) mass is 518 g/mol. The number of nitrogens with one attached hydrogen (secondary N) is 2. The van der Waals surface area contributed by atoms with Crippen molar-refractivity contribution >= 4 is 47.4 Å². The average molecular weight is 519 g/mol. The van der Waals surface area contributed by atoms with E-state index in [0.717, 1.165) is 25.5 Å². The Hall–Kier alpha value is -1.23. The Morgan fingerprint density at radius 2 is 2.00 bits per heavy atom. The molecule has 5 nitrogen and oxygen atoms in total. The molecule has 1 amide bonds. The molecule has 0 aromatic heterocycles. The van der Waals surface area contributed by atoms with Crippen LogP contribution < -0.4 is 10.6 Å². The van der Waals surface area contributed by atoms with Crippen LogP contribution in [-0.4, -0.2) is 56.7 Å². The second-order valence-electron chi connectivity index (χ2n) is 6.43. The molecule has 2 rings (SSSR count). The van der Waals surface area contributed by atoms with Crippen LogP contribution in [0, 0.1) is 0 Å². The van der Waals surface area contributed by atoms with E-state index in [9.17, 15) is 18.0 Å². The van der Waals surface area contributed by atoms with E-state index in [-0.39, 0.29) is 35.9 Å². The lowest BCUT2D eigenvalue weighted by atomic mass is 9.96. The van der Waals surface area contributed by atoms with Crippen molar-refractivity contribution < 1.29 is 18.0 Å². The van der Waals surface area contributed by atoms with E-state index in [2.05, 4.69) is 15.6 Å². The Balaban J connectivity index is 0.00000364. The van der Waals surface area contributed by atoms with E-state index < -0.39 is 18.6 Å². The fraction of sp³-hybridized carbons (Fsp3) is 0.529. The number of carbonyl (C=O) groups is 1. The largest absolute Gasteiger partial charge is 0.406 e. The van der Waals surface area contributed by atoms with Gasteiger partial charge in [0.15, 0.2) is 5.96 Å². The fourth-order valence-corrected chi connectivity index (χ4v) is 2.85. The molecule has 1 saturated carbocycles. The molecule has 1 aromatic rings. The predicted molar refractivity (Wildman–Crippen MR) is 111 cm³/mol. The normalized spacial score (nSPS) is 15.6. The Bertz CT molecular complexity index is 680. The summed E-state index contributed by atoms with van der Waals surface area (Å²) in [5.41, 5.74) is 1.11. The van der Waals surface area contributed by atoms with Crippen LogP contribution in [0.4, 0.5) is 13.2 Å². The molecule has 0 saturated heterocycles. The van der Waals surface area contributed by atoms with Gasteiger partial charge in [0.25, 0.3) is 0 Å². The minimum Gasteiger partial charge on any atom is -0.356 e. The molecular formula is C17H23ClF3IN4O. The van der Waals surface area contributed by atoms with E-state index in [4.69, 9.17) is 11.6 Å². The van der Waals surface area contributed by atoms with E-state index in [1.54, 1.807) is 0 Å². The number of likely N-dealkylation sites (N-methyl/N-ethyl adjacent to an activating group) is 1. The first-order valence-electron chi connectivity index (χ1n) is 8.16. The lowest BCUT2D eigenvalue weighted by molar-refractivity contribution is -0.157. The highest BCUT2D eigenvalue weighted by Gasteiger charge is 2.44. The third kappa shape index (κ3) is 7.36. The molecule has 0 unspecified atom stereocenters.